The number of carbonyl (C=O) groups is 1. The molecule has 0 unspecified atom stereocenters. The molecule has 0 saturated heterocycles. The Morgan fingerprint density at radius 2 is 2.16 bits per heavy atom. The summed E-state index contributed by atoms with van der Waals surface area (Å²) in [5, 5.41) is 12.0. The molecule has 0 bridgehead atoms. The largest absolute Gasteiger partial charge is 0.507 e. The molecule has 0 spiro atoms. The lowest BCUT2D eigenvalue weighted by Crippen LogP contribution is -2.28. The van der Waals surface area contributed by atoms with Crippen molar-refractivity contribution in [2.24, 2.45) is 0 Å². The van der Waals surface area contributed by atoms with E-state index in [-0.39, 0.29) is 11.3 Å². The first kappa shape index (κ1) is 15.4. The summed E-state index contributed by atoms with van der Waals surface area (Å²) in [6.45, 7) is 2.06. The zero-order chi connectivity index (χ0) is 14.3. The molecule has 1 amide bonds. The molecular formula is C13H19FN2O3. The second-order valence-corrected chi connectivity index (χ2v) is 4.33. The summed E-state index contributed by atoms with van der Waals surface area (Å²) in [6.07, 6.45) is 0. The predicted molar refractivity (Wildman–Crippen MR) is 69.8 cm³/mol. The van der Waals surface area contributed by atoms with Crippen molar-refractivity contribution in [1.82, 2.24) is 10.2 Å². The van der Waals surface area contributed by atoms with E-state index >= 15 is 0 Å². The van der Waals surface area contributed by atoms with Gasteiger partial charge in [0.2, 0.25) is 0 Å². The van der Waals surface area contributed by atoms with Crippen molar-refractivity contribution in [3.8, 4) is 5.75 Å². The van der Waals surface area contributed by atoms with Crippen LogP contribution in [0.25, 0.3) is 0 Å². The van der Waals surface area contributed by atoms with Crippen LogP contribution >= 0.6 is 0 Å². The zero-order valence-corrected chi connectivity index (χ0v) is 11.1. The van der Waals surface area contributed by atoms with Crippen LogP contribution in [0.4, 0.5) is 4.39 Å². The molecule has 0 radical (unpaired) electrons. The number of aromatic hydroxyl groups is 1. The third-order valence-electron chi connectivity index (χ3n) is 2.42. The number of benzene rings is 1. The maximum absolute atomic E-state index is 13.0. The molecule has 0 aliphatic carbocycles. The third-order valence-corrected chi connectivity index (χ3v) is 2.42. The highest BCUT2D eigenvalue weighted by molar-refractivity contribution is 5.96. The van der Waals surface area contributed by atoms with Crippen LogP contribution in [0, 0.1) is 5.82 Å². The molecule has 0 aromatic heterocycles. The molecule has 2 N–H and O–H groups in total. The number of halogens is 1. The number of hydrogen-bond acceptors (Lipinski definition) is 4. The van der Waals surface area contributed by atoms with Crippen LogP contribution in [0.2, 0.25) is 0 Å². The number of carbonyl (C=O) groups excluding carboxylic acids is 1. The Kier molecular flexibility index (Phi) is 6.24. The number of rotatable bonds is 7. The fraction of sp³-hybridized carbons (Fsp3) is 0.462. The summed E-state index contributed by atoms with van der Waals surface area (Å²) in [5.74, 6) is -1.33. The Labute approximate surface area is 112 Å². The fourth-order valence-corrected chi connectivity index (χ4v) is 1.37. The minimum atomic E-state index is -0.565. The maximum Gasteiger partial charge on any atom is 0.255 e. The Balaban J connectivity index is 2.29. The van der Waals surface area contributed by atoms with Gasteiger partial charge >= 0.3 is 0 Å². The first-order valence-corrected chi connectivity index (χ1v) is 6.00. The molecule has 0 aliphatic rings. The van der Waals surface area contributed by atoms with Crippen molar-refractivity contribution in [2.75, 3.05) is 40.4 Å². The van der Waals surface area contributed by atoms with E-state index in [2.05, 4.69) is 5.32 Å². The summed E-state index contributed by atoms with van der Waals surface area (Å²) in [7, 11) is 3.88. The molecule has 1 aromatic rings. The highest BCUT2D eigenvalue weighted by atomic mass is 19.1. The van der Waals surface area contributed by atoms with Gasteiger partial charge in [-0.15, -0.1) is 0 Å². The molecule has 0 atom stereocenters. The number of phenols is 1. The Morgan fingerprint density at radius 1 is 1.42 bits per heavy atom. The van der Waals surface area contributed by atoms with Crippen molar-refractivity contribution in [2.45, 2.75) is 0 Å². The second kappa shape index (κ2) is 7.70. The maximum atomic E-state index is 13.0. The van der Waals surface area contributed by atoms with E-state index in [1.165, 1.54) is 0 Å². The summed E-state index contributed by atoms with van der Waals surface area (Å²) < 4.78 is 18.2. The van der Waals surface area contributed by atoms with Gasteiger partial charge in [0.25, 0.3) is 5.91 Å². The molecule has 1 aromatic carbocycles. The van der Waals surface area contributed by atoms with E-state index in [0.29, 0.717) is 19.8 Å². The van der Waals surface area contributed by atoms with Crippen LogP contribution in [0.5, 0.6) is 5.75 Å². The number of amides is 1. The summed E-state index contributed by atoms with van der Waals surface area (Å²) >= 11 is 0. The molecule has 0 saturated carbocycles. The van der Waals surface area contributed by atoms with Crippen molar-refractivity contribution in [3.05, 3.63) is 29.6 Å². The molecular weight excluding hydrogens is 251 g/mol. The Morgan fingerprint density at radius 3 is 2.84 bits per heavy atom. The van der Waals surface area contributed by atoms with Gasteiger partial charge in [0, 0.05) is 13.1 Å². The molecule has 0 aliphatic heterocycles. The monoisotopic (exact) mass is 270 g/mol. The van der Waals surface area contributed by atoms with E-state index in [0.717, 1.165) is 24.7 Å². The van der Waals surface area contributed by atoms with Crippen molar-refractivity contribution in [1.29, 1.82) is 0 Å². The normalized spacial score (nSPS) is 10.7. The quantitative estimate of drug-likeness (QED) is 0.721. The standard InChI is InChI=1S/C13H19FN2O3/c1-16(2)6-8-19-7-5-15-13(18)11-9-10(14)3-4-12(11)17/h3-4,9,17H,5-8H2,1-2H3,(H,15,18). The minimum Gasteiger partial charge on any atom is -0.507 e. The van der Waals surface area contributed by atoms with E-state index in [1.807, 2.05) is 19.0 Å². The second-order valence-electron chi connectivity index (χ2n) is 4.33. The lowest BCUT2D eigenvalue weighted by Gasteiger charge is -2.10. The highest BCUT2D eigenvalue weighted by Gasteiger charge is 2.11. The number of nitrogens with zero attached hydrogens (tertiary/aromatic N) is 1. The van der Waals surface area contributed by atoms with Gasteiger partial charge in [0.05, 0.1) is 18.8 Å². The summed E-state index contributed by atoms with van der Waals surface area (Å²) in [6, 6.07) is 3.24. The van der Waals surface area contributed by atoms with Crippen LogP contribution < -0.4 is 5.32 Å². The minimum absolute atomic E-state index is 0.0757. The molecule has 19 heavy (non-hydrogen) atoms. The zero-order valence-electron chi connectivity index (χ0n) is 11.1. The number of phenolic OH excluding ortho intramolecular Hbond substituents is 1. The SMILES string of the molecule is CN(C)CCOCCNC(=O)c1cc(F)ccc1O. The molecule has 1 rings (SSSR count). The molecule has 6 heteroatoms. The molecule has 0 heterocycles. The smallest absolute Gasteiger partial charge is 0.255 e. The number of hydrogen-bond donors (Lipinski definition) is 2. The first-order valence-electron chi connectivity index (χ1n) is 6.00. The Bertz CT molecular complexity index is 424. The van der Waals surface area contributed by atoms with Crippen LogP contribution in [0.15, 0.2) is 18.2 Å². The van der Waals surface area contributed by atoms with Gasteiger partial charge in [-0.1, -0.05) is 0 Å². The molecule has 5 nitrogen and oxygen atoms in total. The van der Waals surface area contributed by atoms with Gasteiger partial charge in [-0.05, 0) is 32.3 Å². The van der Waals surface area contributed by atoms with Gasteiger partial charge in [-0.3, -0.25) is 4.79 Å². The lowest BCUT2D eigenvalue weighted by atomic mass is 10.2. The predicted octanol–water partition coefficient (Wildman–Crippen LogP) is 0.839. The van der Waals surface area contributed by atoms with Gasteiger partial charge in [-0.2, -0.15) is 0 Å². The van der Waals surface area contributed by atoms with Crippen molar-refractivity contribution in [3.63, 3.8) is 0 Å². The number of likely N-dealkylation sites (N-methyl/N-ethyl adjacent to an activating group) is 1. The summed E-state index contributed by atoms with van der Waals surface area (Å²) in [5.41, 5.74) is -0.0757. The van der Waals surface area contributed by atoms with E-state index < -0.39 is 11.7 Å². The van der Waals surface area contributed by atoms with Crippen LogP contribution in [-0.4, -0.2) is 56.3 Å². The van der Waals surface area contributed by atoms with E-state index in [1.54, 1.807) is 0 Å². The first-order chi connectivity index (χ1) is 9.00. The lowest BCUT2D eigenvalue weighted by molar-refractivity contribution is 0.0897. The fourth-order valence-electron chi connectivity index (χ4n) is 1.37. The number of nitrogens with one attached hydrogen (secondary N) is 1. The van der Waals surface area contributed by atoms with Crippen molar-refractivity contribution >= 4 is 5.91 Å². The average Bonchev–Trinajstić information content (AvgIpc) is 2.36. The number of ether oxygens (including phenoxy) is 1. The van der Waals surface area contributed by atoms with Crippen molar-refractivity contribution < 1.29 is 19.0 Å². The van der Waals surface area contributed by atoms with E-state index in [4.69, 9.17) is 4.74 Å². The van der Waals surface area contributed by atoms with E-state index in [9.17, 15) is 14.3 Å². The molecule has 106 valence electrons. The van der Waals surface area contributed by atoms with Crippen LogP contribution in [-0.2, 0) is 4.74 Å². The molecule has 0 fully saturated rings. The van der Waals surface area contributed by atoms with Gasteiger partial charge in [0.1, 0.15) is 11.6 Å². The topological polar surface area (TPSA) is 61.8 Å². The summed E-state index contributed by atoms with van der Waals surface area (Å²) in [4.78, 5) is 13.6. The average molecular weight is 270 g/mol. The van der Waals surface area contributed by atoms with Crippen LogP contribution in [0.1, 0.15) is 10.4 Å². The van der Waals surface area contributed by atoms with Crippen LogP contribution in [0.3, 0.4) is 0 Å². The van der Waals surface area contributed by atoms with Gasteiger partial charge in [0.15, 0.2) is 0 Å². The van der Waals surface area contributed by atoms with Gasteiger partial charge in [-0.25, -0.2) is 4.39 Å². The highest BCUT2D eigenvalue weighted by Crippen LogP contribution is 2.17. The third kappa shape index (κ3) is 5.67. The van der Waals surface area contributed by atoms with Gasteiger partial charge < -0.3 is 20.1 Å². The Hall–Kier alpha value is -1.66.